The second-order valence-corrected chi connectivity index (χ2v) is 6.69. The molecule has 2 aromatic carbocycles. The monoisotopic (exact) mass is 352 g/mol. The van der Waals surface area contributed by atoms with Gasteiger partial charge in [0.15, 0.2) is 0 Å². The smallest absolute Gasteiger partial charge is 0.122 e. The number of rotatable bonds is 8. The molecule has 138 valence electrons. The number of aliphatic hydroxyl groups excluding tert-OH is 1. The molecule has 3 rings (SSSR count). The molecule has 0 saturated carbocycles. The summed E-state index contributed by atoms with van der Waals surface area (Å²) in [6, 6.07) is 18.4. The molecule has 1 fully saturated rings. The van der Waals surface area contributed by atoms with E-state index >= 15 is 0 Å². The van der Waals surface area contributed by atoms with Crippen LogP contribution in [0.1, 0.15) is 5.56 Å². The van der Waals surface area contributed by atoms with E-state index in [1.54, 1.807) is 0 Å². The molecular formula is C22H28N2O2. The van der Waals surface area contributed by atoms with Crippen LogP contribution in [-0.2, 0) is 6.42 Å². The molecule has 0 unspecified atom stereocenters. The summed E-state index contributed by atoms with van der Waals surface area (Å²) in [5, 5.41) is 10.4. The summed E-state index contributed by atoms with van der Waals surface area (Å²) in [6.07, 6.45) is 2.15. The highest BCUT2D eigenvalue weighted by Crippen LogP contribution is 2.19. The van der Waals surface area contributed by atoms with Gasteiger partial charge in [0.05, 0.1) is 0 Å². The molecule has 1 aliphatic heterocycles. The average molecular weight is 352 g/mol. The Balaban J connectivity index is 1.43. The second-order valence-electron chi connectivity index (χ2n) is 6.69. The van der Waals surface area contributed by atoms with Gasteiger partial charge in [-0.05, 0) is 30.2 Å². The number of benzene rings is 2. The molecule has 2 aromatic rings. The highest BCUT2D eigenvalue weighted by molar-refractivity contribution is 5.46. The van der Waals surface area contributed by atoms with Crippen LogP contribution in [0.5, 0.6) is 5.75 Å². The van der Waals surface area contributed by atoms with Crippen molar-refractivity contribution in [2.24, 2.45) is 0 Å². The van der Waals surface area contributed by atoms with Crippen LogP contribution in [0.3, 0.4) is 0 Å². The summed E-state index contributed by atoms with van der Waals surface area (Å²) < 4.78 is 5.85. The van der Waals surface area contributed by atoms with Gasteiger partial charge in [0.25, 0.3) is 0 Å². The molecule has 1 saturated heterocycles. The number of allylic oxidation sites excluding steroid dienone is 1. The summed E-state index contributed by atoms with van der Waals surface area (Å²) in [7, 11) is 0. The zero-order chi connectivity index (χ0) is 18.2. The van der Waals surface area contributed by atoms with Gasteiger partial charge in [-0.3, -0.25) is 4.90 Å². The van der Waals surface area contributed by atoms with Crippen molar-refractivity contribution < 1.29 is 9.84 Å². The van der Waals surface area contributed by atoms with Crippen LogP contribution in [0, 0.1) is 0 Å². The van der Waals surface area contributed by atoms with Crippen molar-refractivity contribution in [2.75, 3.05) is 44.2 Å². The van der Waals surface area contributed by atoms with Crippen molar-refractivity contribution in [2.45, 2.75) is 12.5 Å². The first-order valence-corrected chi connectivity index (χ1v) is 9.28. The van der Waals surface area contributed by atoms with E-state index in [4.69, 9.17) is 4.74 Å². The largest absolute Gasteiger partial charge is 0.491 e. The number of para-hydroxylation sites is 2. The van der Waals surface area contributed by atoms with E-state index in [0.717, 1.165) is 43.9 Å². The third-order valence-electron chi connectivity index (χ3n) is 4.73. The Kier molecular flexibility index (Phi) is 6.69. The molecule has 0 aliphatic carbocycles. The summed E-state index contributed by atoms with van der Waals surface area (Å²) in [6.45, 7) is 8.63. The zero-order valence-electron chi connectivity index (χ0n) is 15.3. The lowest BCUT2D eigenvalue weighted by Gasteiger charge is -2.36. The molecule has 1 atom stereocenters. The quantitative estimate of drug-likeness (QED) is 0.741. The summed E-state index contributed by atoms with van der Waals surface area (Å²) in [5.41, 5.74) is 2.38. The lowest BCUT2D eigenvalue weighted by molar-refractivity contribution is 0.0660. The number of β-amino-alcohol motifs (C(OH)–C–C–N with tert-alkyl or cyclic N) is 1. The maximum atomic E-state index is 10.4. The van der Waals surface area contributed by atoms with Crippen LogP contribution in [0.2, 0.25) is 0 Å². The van der Waals surface area contributed by atoms with Gasteiger partial charge in [-0.15, -0.1) is 6.58 Å². The second kappa shape index (κ2) is 9.41. The van der Waals surface area contributed by atoms with E-state index in [1.165, 1.54) is 5.69 Å². The highest BCUT2D eigenvalue weighted by Gasteiger charge is 2.19. The van der Waals surface area contributed by atoms with E-state index in [-0.39, 0.29) is 0 Å². The van der Waals surface area contributed by atoms with Gasteiger partial charge in [0, 0.05) is 38.4 Å². The van der Waals surface area contributed by atoms with E-state index in [1.807, 2.05) is 36.4 Å². The third-order valence-corrected chi connectivity index (χ3v) is 4.73. The van der Waals surface area contributed by atoms with Crippen LogP contribution in [0.15, 0.2) is 67.3 Å². The number of nitrogens with zero attached hydrogens (tertiary/aromatic N) is 2. The van der Waals surface area contributed by atoms with E-state index in [2.05, 4.69) is 40.6 Å². The fraction of sp³-hybridized carbons (Fsp3) is 0.364. The first kappa shape index (κ1) is 18.5. The number of aliphatic hydroxyl groups is 1. The number of hydrogen-bond acceptors (Lipinski definition) is 4. The van der Waals surface area contributed by atoms with Crippen LogP contribution in [0.25, 0.3) is 0 Å². The summed E-state index contributed by atoms with van der Waals surface area (Å²) >= 11 is 0. The minimum Gasteiger partial charge on any atom is -0.491 e. The van der Waals surface area contributed by atoms with Crippen LogP contribution in [-0.4, -0.2) is 55.4 Å². The molecule has 1 heterocycles. The van der Waals surface area contributed by atoms with Gasteiger partial charge in [0.1, 0.15) is 18.5 Å². The molecule has 0 aromatic heterocycles. The molecule has 1 aliphatic rings. The Labute approximate surface area is 156 Å². The number of hydrogen-bond donors (Lipinski definition) is 1. The van der Waals surface area contributed by atoms with Gasteiger partial charge < -0.3 is 14.7 Å². The molecule has 0 radical (unpaired) electrons. The van der Waals surface area contributed by atoms with Crippen molar-refractivity contribution in [1.82, 2.24) is 4.90 Å². The van der Waals surface area contributed by atoms with Gasteiger partial charge in [-0.25, -0.2) is 0 Å². The summed E-state index contributed by atoms with van der Waals surface area (Å²) in [4.78, 5) is 4.70. The fourth-order valence-corrected chi connectivity index (χ4v) is 3.33. The van der Waals surface area contributed by atoms with E-state index in [0.29, 0.717) is 13.2 Å². The molecule has 26 heavy (non-hydrogen) atoms. The van der Waals surface area contributed by atoms with Gasteiger partial charge in [-0.1, -0.05) is 42.5 Å². The van der Waals surface area contributed by atoms with Crippen LogP contribution in [0.4, 0.5) is 5.69 Å². The van der Waals surface area contributed by atoms with Crippen molar-refractivity contribution >= 4 is 5.69 Å². The Morgan fingerprint density at radius 3 is 2.42 bits per heavy atom. The molecule has 4 heteroatoms. The van der Waals surface area contributed by atoms with Gasteiger partial charge in [-0.2, -0.15) is 0 Å². The van der Waals surface area contributed by atoms with E-state index < -0.39 is 6.10 Å². The minimum absolute atomic E-state index is 0.313. The van der Waals surface area contributed by atoms with Crippen LogP contribution < -0.4 is 9.64 Å². The van der Waals surface area contributed by atoms with E-state index in [9.17, 15) is 5.11 Å². The molecular weight excluding hydrogens is 324 g/mol. The Bertz CT molecular complexity index is 682. The topological polar surface area (TPSA) is 35.9 Å². The molecule has 4 nitrogen and oxygen atoms in total. The first-order valence-electron chi connectivity index (χ1n) is 9.28. The maximum Gasteiger partial charge on any atom is 0.122 e. The average Bonchev–Trinajstić information content (AvgIpc) is 2.69. The zero-order valence-corrected chi connectivity index (χ0v) is 15.3. The Morgan fingerprint density at radius 1 is 1.00 bits per heavy atom. The van der Waals surface area contributed by atoms with Crippen molar-refractivity contribution in [3.63, 3.8) is 0 Å². The van der Waals surface area contributed by atoms with Crippen molar-refractivity contribution in [3.8, 4) is 5.75 Å². The predicted octanol–water partition coefficient (Wildman–Crippen LogP) is 2.98. The number of ether oxygens (including phenoxy) is 1. The fourth-order valence-electron chi connectivity index (χ4n) is 3.33. The number of piperazine rings is 1. The lowest BCUT2D eigenvalue weighted by Crippen LogP contribution is -2.49. The van der Waals surface area contributed by atoms with Crippen molar-refractivity contribution in [1.29, 1.82) is 0 Å². The normalized spacial score (nSPS) is 16.3. The SMILES string of the molecule is C=CCc1ccccc1OC[C@H](O)CN1CCN(c2ccccc2)CC1. The highest BCUT2D eigenvalue weighted by atomic mass is 16.5. The minimum atomic E-state index is -0.491. The lowest BCUT2D eigenvalue weighted by atomic mass is 10.1. The molecule has 0 amide bonds. The predicted molar refractivity (Wildman–Crippen MR) is 107 cm³/mol. The standard InChI is InChI=1S/C22H28N2O2/c1-2-8-19-9-6-7-12-22(19)26-18-21(25)17-23-13-15-24(16-14-23)20-10-4-3-5-11-20/h2-7,9-12,21,25H,1,8,13-18H2/t21-/m1/s1. The summed E-state index contributed by atoms with van der Waals surface area (Å²) in [5.74, 6) is 0.834. The van der Waals surface area contributed by atoms with Gasteiger partial charge in [0.2, 0.25) is 0 Å². The van der Waals surface area contributed by atoms with Crippen molar-refractivity contribution in [3.05, 3.63) is 72.8 Å². The Hall–Kier alpha value is -2.30. The Morgan fingerprint density at radius 2 is 1.69 bits per heavy atom. The van der Waals surface area contributed by atoms with Crippen LogP contribution >= 0.6 is 0 Å². The van der Waals surface area contributed by atoms with Gasteiger partial charge >= 0.3 is 0 Å². The number of anilines is 1. The first-order chi connectivity index (χ1) is 12.8. The molecule has 0 bridgehead atoms. The molecule has 1 N–H and O–H groups in total. The third kappa shape index (κ3) is 5.10. The maximum absolute atomic E-state index is 10.4. The molecule has 0 spiro atoms.